The van der Waals surface area contributed by atoms with Gasteiger partial charge in [0.25, 0.3) is 0 Å². The highest BCUT2D eigenvalue weighted by Crippen LogP contribution is 2.40. The lowest BCUT2D eigenvalue weighted by atomic mass is 9.76. The summed E-state index contributed by atoms with van der Waals surface area (Å²) < 4.78 is 0. The van der Waals surface area contributed by atoms with E-state index in [-0.39, 0.29) is 5.92 Å². The summed E-state index contributed by atoms with van der Waals surface area (Å²) in [5, 5.41) is 2.88. The van der Waals surface area contributed by atoms with Gasteiger partial charge in [0.2, 0.25) is 0 Å². The quantitative estimate of drug-likeness (QED) is 0.673. The Bertz CT molecular complexity index is 522. The molecule has 0 spiro atoms. The summed E-state index contributed by atoms with van der Waals surface area (Å²) in [5.74, 6) is 0.101. The fraction of sp³-hybridized carbons (Fsp3) is 0.385. The first-order chi connectivity index (χ1) is 8.72. The van der Waals surface area contributed by atoms with Crippen molar-refractivity contribution in [3.05, 3.63) is 41.5 Å². The van der Waals surface area contributed by atoms with Crippen molar-refractivity contribution in [2.24, 2.45) is 16.5 Å². The number of aryl methyl sites for hydroxylation is 1. The topological polar surface area (TPSA) is 89.3 Å². The van der Waals surface area contributed by atoms with Crippen LogP contribution in [0.3, 0.4) is 0 Å². The van der Waals surface area contributed by atoms with Crippen molar-refractivity contribution in [1.82, 2.24) is 10.3 Å². The number of nitrogens with zero attached hydrogens (tertiary/aromatic N) is 2. The van der Waals surface area contributed by atoms with Gasteiger partial charge in [0.05, 0.1) is 12.0 Å². The molecular weight excluding hydrogens is 226 g/mol. The van der Waals surface area contributed by atoms with E-state index < -0.39 is 5.66 Å². The third-order valence-electron chi connectivity index (χ3n) is 3.79. The summed E-state index contributed by atoms with van der Waals surface area (Å²) in [5.41, 5.74) is 14.5. The molecule has 1 aliphatic heterocycles. The van der Waals surface area contributed by atoms with Crippen molar-refractivity contribution in [3.63, 3.8) is 0 Å². The Kier molecular flexibility index (Phi) is 2.56. The summed E-state index contributed by atoms with van der Waals surface area (Å²) >= 11 is 0. The van der Waals surface area contributed by atoms with Gasteiger partial charge in [0.15, 0.2) is 5.66 Å². The van der Waals surface area contributed by atoms with Crippen LogP contribution in [0.5, 0.6) is 0 Å². The van der Waals surface area contributed by atoms with Crippen LogP contribution in [0.25, 0.3) is 0 Å². The SMILES string of the molecule is NC1=CNC=NC1(N)C1CCCc2ncccc21. The van der Waals surface area contributed by atoms with Gasteiger partial charge in [0.1, 0.15) is 0 Å². The largest absolute Gasteiger partial charge is 0.398 e. The molecule has 1 aromatic rings. The Morgan fingerprint density at radius 2 is 2.33 bits per heavy atom. The fourth-order valence-corrected chi connectivity index (χ4v) is 2.82. The summed E-state index contributed by atoms with van der Waals surface area (Å²) in [6, 6.07) is 4.04. The molecule has 2 atom stereocenters. The molecule has 0 amide bonds. The predicted octanol–water partition coefficient (Wildman–Crippen LogP) is 0.588. The third kappa shape index (κ3) is 1.59. The van der Waals surface area contributed by atoms with Gasteiger partial charge in [-0.25, -0.2) is 4.99 Å². The maximum Gasteiger partial charge on any atom is 0.158 e. The molecule has 1 aliphatic carbocycles. The zero-order valence-corrected chi connectivity index (χ0v) is 10.1. The second kappa shape index (κ2) is 4.10. The number of aliphatic imine (C=N–C) groups is 1. The van der Waals surface area contributed by atoms with E-state index in [4.69, 9.17) is 11.5 Å². The monoisotopic (exact) mass is 243 g/mol. The van der Waals surface area contributed by atoms with Gasteiger partial charge in [-0.2, -0.15) is 0 Å². The van der Waals surface area contributed by atoms with E-state index in [9.17, 15) is 0 Å². The summed E-state index contributed by atoms with van der Waals surface area (Å²) in [4.78, 5) is 8.82. The first-order valence-electron chi connectivity index (χ1n) is 6.20. The Morgan fingerprint density at radius 1 is 1.44 bits per heavy atom. The fourth-order valence-electron chi connectivity index (χ4n) is 2.82. The molecular formula is C13H17N5. The summed E-state index contributed by atoms with van der Waals surface area (Å²) in [6.07, 6.45) is 8.23. The lowest BCUT2D eigenvalue weighted by Crippen LogP contribution is -2.52. The second-order valence-corrected chi connectivity index (χ2v) is 4.83. The molecule has 2 heterocycles. The van der Waals surface area contributed by atoms with Crippen LogP contribution >= 0.6 is 0 Å². The lowest BCUT2D eigenvalue weighted by Gasteiger charge is -2.38. The van der Waals surface area contributed by atoms with Gasteiger partial charge in [-0.05, 0) is 30.9 Å². The highest BCUT2D eigenvalue weighted by molar-refractivity contribution is 5.60. The zero-order chi connectivity index (χ0) is 12.6. The van der Waals surface area contributed by atoms with Gasteiger partial charge in [-0.1, -0.05) is 6.07 Å². The smallest absolute Gasteiger partial charge is 0.158 e. The molecule has 94 valence electrons. The normalized spacial score (nSPS) is 30.3. The standard InChI is InChI=1S/C13H17N5/c14-12-7-16-8-18-13(12,15)10-4-1-5-11-9(10)3-2-6-17-11/h2-3,6-8,10H,1,4-5,14-15H2,(H,16,18). The second-order valence-electron chi connectivity index (χ2n) is 4.83. The molecule has 2 unspecified atom stereocenters. The van der Waals surface area contributed by atoms with Crippen molar-refractivity contribution in [2.45, 2.75) is 30.8 Å². The van der Waals surface area contributed by atoms with E-state index >= 15 is 0 Å². The molecule has 0 bridgehead atoms. The molecule has 5 N–H and O–H groups in total. The molecule has 18 heavy (non-hydrogen) atoms. The molecule has 0 saturated heterocycles. The molecule has 2 aliphatic rings. The highest BCUT2D eigenvalue weighted by atomic mass is 15.1. The zero-order valence-electron chi connectivity index (χ0n) is 10.1. The Hall–Kier alpha value is -1.88. The van der Waals surface area contributed by atoms with Gasteiger partial charge in [0, 0.05) is 24.0 Å². The molecule has 3 rings (SSSR count). The maximum atomic E-state index is 6.43. The van der Waals surface area contributed by atoms with Crippen molar-refractivity contribution in [3.8, 4) is 0 Å². The Morgan fingerprint density at radius 3 is 3.17 bits per heavy atom. The van der Waals surface area contributed by atoms with Gasteiger partial charge < -0.3 is 16.8 Å². The van der Waals surface area contributed by atoms with E-state index in [2.05, 4.69) is 21.4 Å². The molecule has 5 nitrogen and oxygen atoms in total. The van der Waals surface area contributed by atoms with Crippen LogP contribution in [-0.4, -0.2) is 17.0 Å². The van der Waals surface area contributed by atoms with Crippen molar-refractivity contribution in [2.75, 3.05) is 0 Å². The Labute approximate surface area is 106 Å². The predicted molar refractivity (Wildman–Crippen MR) is 70.7 cm³/mol. The van der Waals surface area contributed by atoms with Gasteiger partial charge in [-0.3, -0.25) is 4.98 Å². The molecule has 0 fully saturated rings. The molecule has 1 aromatic heterocycles. The average molecular weight is 243 g/mol. The highest BCUT2D eigenvalue weighted by Gasteiger charge is 2.41. The number of aromatic nitrogens is 1. The number of nitrogens with two attached hydrogens (primary N) is 2. The van der Waals surface area contributed by atoms with Crippen LogP contribution < -0.4 is 16.8 Å². The van der Waals surface area contributed by atoms with Gasteiger partial charge >= 0.3 is 0 Å². The number of fused-ring (bicyclic) bond motifs is 1. The van der Waals surface area contributed by atoms with Gasteiger partial charge in [-0.15, -0.1) is 0 Å². The first kappa shape index (κ1) is 11.2. The summed E-state index contributed by atoms with van der Waals surface area (Å²) in [6.45, 7) is 0. The molecule has 0 aromatic carbocycles. The molecule has 0 radical (unpaired) electrons. The number of hydrogen-bond acceptors (Lipinski definition) is 5. The van der Waals surface area contributed by atoms with Crippen LogP contribution in [0, 0.1) is 0 Å². The number of rotatable bonds is 1. The number of hydrogen-bond donors (Lipinski definition) is 3. The van der Waals surface area contributed by atoms with Crippen molar-refractivity contribution < 1.29 is 0 Å². The van der Waals surface area contributed by atoms with Crippen molar-refractivity contribution >= 4 is 6.34 Å². The van der Waals surface area contributed by atoms with Crippen LogP contribution in [0.4, 0.5) is 0 Å². The minimum absolute atomic E-state index is 0.101. The third-order valence-corrected chi connectivity index (χ3v) is 3.79. The number of pyridine rings is 1. The molecule has 0 saturated carbocycles. The van der Waals surface area contributed by atoms with E-state index in [0.29, 0.717) is 5.70 Å². The van der Waals surface area contributed by atoms with E-state index in [0.717, 1.165) is 25.0 Å². The van der Waals surface area contributed by atoms with E-state index in [1.54, 1.807) is 12.5 Å². The van der Waals surface area contributed by atoms with E-state index in [1.165, 1.54) is 5.56 Å². The van der Waals surface area contributed by atoms with Crippen LogP contribution in [0.15, 0.2) is 35.2 Å². The van der Waals surface area contributed by atoms with Crippen LogP contribution in [0.2, 0.25) is 0 Å². The van der Waals surface area contributed by atoms with Crippen LogP contribution in [-0.2, 0) is 6.42 Å². The van der Waals surface area contributed by atoms with Crippen molar-refractivity contribution in [1.29, 1.82) is 0 Å². The van der Waals surface area contributed by atoms with Crippen LogP contribution in [0.1, 0.15) is 30.0 Å². The lowest BCUT2D eigenvalue weighted by molar-refractivity contribution is 0.364. The maximum absolute atomic E-state index is 6.43. The summed E-state index contributed by atoms with van der Waals surface area (Å²) in [7, 11) is 0. The minimum atomic E-state index is -0.844. The Balaban J connectivity index is 2.06. The molecule has 5 heteroatoms. The van der Waals surface area contributed by atoms with E-state index in [1.807, 2.05) is 12.3 Å². The number of nitrogens with one attached hydrogen (secondary N) is 1. The first-order valence-corrected chi connectivity index (χ1v) is 6.20. The average Bonchev–Trinajstić information content (AvgIpc) is 2.41. The minimum Gasteiger partial charge on any atom is -0.398 e.